The van der Waals surface area contributed by atoms with Gasteiger partial charge in [0.1, 0.15) is 0 Å². The van der Waals surface area contributed by atoms with Crippen molar-refractivity contribution in [1.82, 2.24) is 0 Å². The summed E-state index contributed by atoms with van der Waals surface area (Å²) in [5.74, 6) is 1.23. The SMILES string of the molecule is CCNc1ccc([SiH3])c(C(C)C)c1C(C)C. The topological polar surface area (TPSA) is 12.0 Å². The third-order valence-corrected chi connectivity index (χ3v) is 3.90. The molecule has 1 N–H and O–H groups in total. The van der Waals surface area contributed by atoms with Gasteiger partial charge >= 0.3 is 0 Å². The molecule has 0 aliphatic carbocycles. The number of nitrogens with one attached hydrogen (secondary N) is 1. The van der Waals surface area contributed by atoms with Crippen molar-refractivity contribution in [2.45, 2.75) is 46.5 Å². The number of hydrogen-bond acceptors (Lipinski definition) is 1. The van der Waals surface area contributed by atoms with Gasteiger partial charge in [-0.15, -0.1) is 0 Å². The van der Waals surface area contributed by atoms with Crippen molar-refractivity contribution in [3.8, 4) is 0 Å². The molecule has 1 nitrogen and oxygen atoms in total. The molecule has 16 heavy (non-hydrogen) atoms. The lowest BCUT2D eigenvalue weighted by Gasteiger charge is -2.23. The van der Waals surface area contributed by atoms with E-state index in [0.29, 0.717) is 11.8 Å². The Balaban J connectivity index is 3.37. The molecule has 90 valence electrons. The number of anilines is 1. The predicted octanol–water partition coefficient (Wildman–Crippen LogP) is 2.36. The molecule has 0 saturated heterocycles. The van der Waals surface area contributed by atoms with Crippen LogP contribution in [0, 0.1) is 0 Å². The first-order valence-electron chi connectivity index (χ1n) is 6.36. The first-order valence-corrected chi connectivity index (χ1v) is 7.36. The molecule has 0 amide bonds. The minimum atomic E-state index is 0.598. The maximum absolute atomic E-state index is 3.50. The zero-order valence-electron chi connectivity index (χ0n) is 11.5. The summed E-state index contributed by atoms with van der Waals surface area (Å²) in [6, 6.07) is 4.55. The summed E-state index contributed by atoms with van der Waals surface area (Å²) < 4.78 is 0. The van der Waals surface area contributed by atoms with E-state index in [1.54, 1.807) is 10.8 Å². The van der Waals surface area contributed by atoms with E-state index < -0.39 is 0 Å². The summed E-state index contributed by atoms with van der Waals surface area (Å²) in [4.78, 5) is 0. The van der Waals surface area contributed by atoms with Crippen molar-refractivity contribution in [2.75, 3.05) is 11.9 Å². The average Bonchev–Trinajstić information content (AvgIpc) is 2.19. The maximum Gasteiger partial charge on any atom is 0.0388 e. The molecule has 1 aromatic rings. The van der Waals surface area contributed by atoms with Crippen molar-refractivity contribution < 1.29 is 0 Å². The highest BCUT2D eigenvalue weighted by Gasteiger charge is 2.16. The zero-order valence-corrected chi connectivity index (χ0v) is 13.5. The quantitative estimate of drug-likeness (QED) is 0.790. The molecule has 0 bridgehead atoms. The Morgan fingerprint density at radius 1 is 1.06 bits per heavy atom. The summed E-state index contributed by atoms with van der Waals surface area (Å²) in [7, 11) is 1.14. The van der Waals surface area contributed by atoms with Gasteiger partial charge in [0, 0.05) is 22.5 Å². The second-order valence-corrected chi connectivity index (χ2v) is 6.17. The second-order valence-electron chi connectivity index (χ2n) is 5.10. The van der Waals surface area contributed by atoms with E-state index >= 15 is 0 Å². The lowest BCUT2D eigenvalue weighted by molar-refractivity contribution is 0.796. The standard InChI is InChI=1S/C14H25NSi/c1-6-15-11-7-8-12(16)14(10(4)5)13(11)9(2)3/h7-10,15H,6H2,1-5,16H3. The van der Waals surface area contributed by atoms with E-state index in [2.05, 4.69) is 52.1 Å². The lowest BCUT2D eigenvalue weighted by Crippen LogP contribution is -2.18. The normalized spacial score (nSPS) is 11.4. The number of benzene rings is 1. The van der Waals surface area contributed by atoms with E-state index in [1.807, 2.05) is 0 Å². The van der Waals surface area contributed by atoms with Crippen molar-refractivity contribution >= 4 is 21.1 Å². The molecule has 1 aromatic carbocycles. The zero-order chi connectivity index (χ0) is 12.3. The molecule has 0 fully saturated rings. The van der Waals surface area contributed by atoms with Gasteiger partial charge in [-0.25, -0.2) is 0 Å². The van der Waals surface area contributed by atoms with Gasteiger partial charge in [-0.3, -0.25) is 0 Å². The Morgan fingerprint density at radius 3 is 2.06 bits per heavy atom. The van der Waals surface area contributed by atoms with Crippen LogP contribution in [0.3, 0.4) is 0 Å². The molecule has 2 heteroatoms. The van der Waals surface area contributed by atoms with E-state index in [9.17, 15) is 0 Å². The highest BCUT2D eigenvalue weighted by Crippen LogP contribution is 2.30. The van der Waals surface area contributed by atoms with E-state index in [-0.39, 0.29) is 0 Å². The largest absolute Gasteiger partial charge is 0.385 e. The fraction of sp³-hybridized carbons (Fsp3) is 0.571. The van der Waals surface area contributed by atoms with Crippen molar-refractivity contribution in [3.05, 3.63) is 23.3 Å². The first-order chi connectivity index (χ1) is 7.49. The van der Waals surface area contributed by atoms with Crippen LogP contribution in [-0.2, 0) is 0 Å². The van der Waals surface area contributed by atoms with Crippen LogP contribution in [0.1, 0.15) is 57.6 Å². The summed E-state index contributed by atoms with van der Waals surface area (Å²) in [6.07, 6.45) is 0. The van der Waals surface area contributed by atoms with E-state index in [4.69, 9.17) is 0 Å². The van der Waals surface area contributed by atoms with Crippen LogP contribution in [0.2, 0.25) is 0 Å². The lowest BCUT2D eigenvalue weighted by atomic mass is 9.89. The third-order valence-electron chi connectivity index (χ3n) is 3.03. The van der Waals surface area contributed by atoms with Gasteiger partial charge in [-0.1, -0.05) is 38.9 Å². The Labute approximate surface area is 103 Å². The van der Waals surface area contributed by atoms with Gasteiger partial charge < -0.3 is 5.32 Å². The predicted molar refractivity (Wildman–Crippen MR) is 78.4 cm³/mol. The van der Waals surface area contributed by atoms with E-state index in [1.165, 1.54) is 11.3 Å². The van der Waals surface area contributed by atoms with Crippen LogP contribution in [0.4, 0.5) is 5.69 Å². The van der Waals surface area contributed by atoms with Crippen LogP contribution >= 0.6 is 0 Å². The Hall–Kier alpha value is -0.763. The van der Waals surface area contributed by atoms with Crippen molar-refractivity contribution in [1.29, 1.82) is 0 Å². The van der Waals surface area contributed by atoms with Crippen LogP contribution in [0.25, 0.3) is 0 Å². The molecule has 0 unspecified atom stereocenters. The molecule has 0 saturated carbocycles. The fourth-order valence-corrected chi connectivity index (χ4v) is 3.49. The molecular formula is C14H25NSi. The summed E-state index contributed by atoms with van der Waals surface area (Å²) in [5.41, 5.74) is 4.45. The molecule has 0 heterocycles. The summed E-state index contributed by atoms with van der Waals surface area (Å²) in [6.45, 7) is 12.4. The van der Waals surface area contributed by atoms with Crippen LogP contribution in [-0.4, -0.2) is 16.8 Å². The minimum Gasteiger partial charge on any atom is -0.385 e. The molecule has 1 rings (SSSR count). The van der Waals surface area contributed by atoms with Gasteiger partial charge in [0.2, 0.25) is 0 Å². The van der Waals surface area contributed by atoms with Gasteiger partial charge in [0.15, 0.2) is 0 Å². The van der Waals surface area contributed by atoms with Crippen LogP contribution in [0.15, 0.2) is 12.1 Å². The average molecular weight is 235 g/mol. The molecule has 0 aliphatic rings. The van der Waals surface area contributed by atoms with Crippen LogP contribution < -0.4 is 10.5 Å². The molecule has 0 aliphatic heterocycles. The Morgan fingerprint density at radius 2 is 1.62 bits per heavy atom. The summed E-state index contributed by atoms with van der Waals surface area (Å²) in [5, 5.41) is 5.05. The first kappa shape index (κ1) is 13.3. The van der Waals surface area contributed by atoms with Crippen molar-refractivity contribution in [3.63, 3.8) is 0 Å². The maximum atomic E-state index is 3.50. The second kappa shape index (κ2) is 5.53. The minimum absolute atomic E-state index is 0.598. The molecule has 0 spiro atoms. The van der Waals surface area contributed by atoms with Gasteiger partial charge in [-0.2, -0.15) is 0 Å². The van der Waals surface area contributed by atoms with Gasteiger partial charge in [-0.05, 0) is 36.0 Å². The number of rotatable bonds is 4. The molecule has 0 aromatic heterocycles. The Kier molecular flexibility index (Phi) is 4.60. The fourth-order valence-electron chi connectivity index (χ4n) is 2.48. The molecule has 0 atom stereocenters. The van der Waals surface area contributed by atoms with Crippen LogP contribution in [0.5, 0.6) is 0 Å². The van der Waals surface area contributed by atoms with Gasteiger partial charge in [0.25, 0.3) is 0 Å². The van der Waals surface area contributed by atoms with Crippen molar-refractivity contribution in [2.24, 2.45) is 0 Å². The molecule has 0 radical (unpaired) electrons. The summed E-state index contributed by atoms with van der Waals surface area (Å²) >= 11 is 0. The van der Waals surface area contributed by atoms with E-state index in [0.717, 1.165) is 16.8 Å². The highest BCUT2D eigenvalue weighted by molar-refractivity contribution is 6.33. The third kappa shape index (κ3) is 2.67. The molecular weight excluding hydrogens is 210 g/mol. The Bertz CT molecular complexity index is 356. The highest BCUT2D eigenvalue weighted by atomic mass is 28.1. The number of hydrogen-bond donors (Lipinski definition) is 1. The smallest absolute Gasteiger partial charge is 0.0388 e. The van der Waals surface area contributed by atoms with Gasteiger partial charge in [0.05, 0.1) is 0 Å². The monoisotopic (exact) mass is 235 g/mol.